The molecule has 146 valence electrons. The minimum Gasteiger partial charge on any atom is -0.489 e. The minimum absolute atomic E-state index is 0.133. The van der Waals surface area contributed by atoms with Gasteiger partial charge in [-0.05, 0) is 30.8 Å². The summed E-state index contributed by atoms with van der Waals surface area (Å²) in [6.07, 6.45) is 2.67. The van der Waals surface area contributed by atoms with Gasteiger partial charge in [0, 0.05) is 48.8 Å². The van der Waals surface area contributed by atoms with Crippen molar-refractivity contribution in [1.82, 2.24) is 9.47 Å². The van der Waals surface area contributed by atoms with Crippen LogP contribution in [-0.2, 0) is 19.6 Å². The van der Waals surface area contributed by atoms with Crippen LogP contribution in [0.15, 0.2) is 76.1 Å². The molecule has 5 heteroatoms. The summed E-state index contributed by atoms with van der Waals surface area (Å²) >= 11 is 0. The van der Waals surface area contributed by atoms with E-state index in [9.17, 15) is 4.79 Å². The Morgan fingerprint density at radius 2 is 1.93 bits per heavy atom. The first kappa shape index (κ1) is 17.8. The van der Waals surface area contributed by atoms with Crippen LogP contribution >= 0.6 is 0 Å². The third-order valence-electron chi connectivity index (χ3n) is 5.43. The summed E-state index contributed by atoms with van der Waals surface area (Å²) in [6, 6.07) is 19.2. The fraction of sp³-hybridized carbons (Fsp3) is 0.208. The van der Waals surface area contributed by atoms with E-state index in [1.165, 1.54) is 11.6 Å². The lowest BCUT2D eigenvalue weighted by Crippen LogP contribution is -2.25. The first-order chi connectivity index (χ1) is 14.2. The molecule has 0 amide bonds. The molecule has 2 aromatic heterocycles. The maximum absolute atomic E-state index is 12.7. The van der Waals surface area contributed by atoms with E-state index in [4.69, 9.17) is 9.15 Å². The number of rotatable bonds is 4. The summed E-state index contributed by atoms with van der Waals surface area (Å²) in [4.78, 5) is 15.0. The van der Waals surface area contributed by atoms with Crippen LogP contribution in [-0.4, -0.2) is 23.1 Å². The van der Waals surface area contributed by atoms with E-state index in [1.54, 1.807) is 10.8 Å². The highest BCUT2D eigenvalue weighted by Gasteiger charge is 2.20. The van der Waals surface area contributed by atoms with Gasteiger partial charge in [-0.3, -0.25) is 9.36 Å². The lowest BCUT2D eigenvalue weighted by atomic mass is 10.1. The number of aromatic nitrogens is 1. The predicted octanol–water partition coefficient (Wildman–Crippen LogP) is 4.15. The fourth-order valence-corrected chi connectivity index (χ4v) is 3.86. The summed E-state index contributed by atoms with van der Waals surface area (Å²) in [5, 5.41) is 1.13. The van der Waals surface area contributed by atoms with Gasteiger partial charge in [-0.15, -0.1) is 0 Å². The molecule has 2 aromatic carbocycles. The number of hydrogen-bond donors (Lipinski definition) is 0. The van der Waals surface area contributed by atoms with Gasteiger partial charge in [0.25, 0.3) is 5.56 Å². The standard InChI is InChI=1S/C24H22N2O3/c1-25-11-10-22-21(15-25)20-8-7-18(13-23(20)29-22)26-12-9-19(14-24(26)27)28-16-17-5-3-2-4-6-17/h2-9,12-14H,10-11,15-16H2,1H3. The van der Waals surface area contributed by atoms with E-state index in [1.807, 2.05) is 48.5 Å². The van der Waals surface area contributed by atoms with Crippen LogP contribution in [0.1, 0.15) is 16.9 Å². The van der Waals surface area contributed by atoms with Crippen molar-refractivity contribution in [1.29, 1.82) is 0 Å². The average molecular weight is 386 g/mol. The van der Waals surface area contributed by atoms with E-state index < -0.39 is 0 Å². The fourth-order valence-electron chi connectivity index (χ4n) is 3.86. The van der Waals surface area contributed by atoms with Gasteiger partial charge in [0.15, 0.2) is 0 Å². The van der Waals surface area contributed by atoms with Gasteiger partial charge in [0.2, 0.25) is 0 Å². The number of ether oxygens (including phenoxy) is 1. The first-order valence-electron chi connectivity index (χ1n) is 9.80. The molecule has 1 aliphatic rings. The van der Waals surface area contributed by atoms with Crippen molar-refractivity contribution in [3.63, 3.8) is 0 Å². The predicted molar refractivity (Wildman–Crippen MR) is 113 cm³/mol. The van der Waals surface area contributed by atoms with Crippen LogP contribution in [0.4, 0.5) is 0 Å². The molecule has 3 heterocycles. The first-order valence-corrected chi connectivity index (χ1v) is 9.80. The molecule has 0 atom stereocenters. The van der Waals surface area contributed by atoms with Gasteiger partial charge in [0.1, 0.15) is 23.7 Å². The van der Waals surface area contributed by atoms with Gasteiger partial charge >= 0.3 is 0 Å². The Kier molecular flexibility index (Phi) is 4.45. The number of hydrogen-bond acceptors (Lipinski definition) is 4. The molecule has 0 unspecified atom stereocenters. The van der Waals surface area contributed by atoms with Crippen LogP contribution in [0.2, 0.25) is 0 Å². The zero-order valence-electron chi connectivity index (χ0n) is 16.3. The largest absolute Gasteiger partial charge is 0.489 e. The van der Waals surface area contributed by atoms with Gasteiger partial charge in [-0.1, -0.05) is 30.3 Å². The monoisotopic (exact) mass is 386 g/mol. The lowest BCUT2D eigenvalue weighted by molar-refractivity contribution is 0.296. The Morgan fingerprint density at radius 1 is 1.07 bits per heavy atom. The molecule has 0 aliphatic carbocycles. The summed E-state index contributed by atoms with van der Waals surface area (Å²) in [5.41, 5.74) is 3.81. The van der Waals surface area contributed by atoms with Crippen LogP contribution in [0, 0.1) is 0 Å². The highest BCUT2D eigenvalue weighted by atomic mass is 16.5. The second kappa shape index (κ2) is 7.26. The molecular formula is C24H22N2O3. The Bertz CT molecular complexity index is 1220. The molecule has 1 aliphatic heterocycles. The van der Waals surface area contributed by atoms with Gasteiger partial charge < -0.3 is 14.1 Å². The third kappa shape index (κ3) is 3.45. The van der Waals surface area contributed by atoms with Crippen LogP contribution in [0.25, 0.3) is 16.7 Å². The van der Waals surface area contributed by atoms with E-state index >= 15 is 0 Å². The molecule has 5 nitrogen and oxygen atoms in total. The van der Waals surface area contributed by atoms with Crippen molar-refractivity contribution < 1.29 is 9.15 Å². The molecule has 0 spiro atoms. The number of benzene rings is 2. The van der Waals surface area contributed by atoms with Gasteiger partial charge in [0.05, 0.1) is 5.69 Å². The maximum Gasteiger partial charge on any atom is 0.258 e. The van der Waals surface area contributed by atoms with E-state index in [0.29, 0.717) is 12.4 Å². The SMILES string of the molecule is CN1CCc2oc3cc(-n4ccc(OCc5ccccc5)cc4=O)ccc3c2C1. The number of furan rings is 1. The second-order valence-electron chi connectivity index (χ2n) is 7.52. The highest BCUT2D eigenvalue weighted by Crippen LogP contribution is 2.31. The number of likely N-dealkylation sites (N-methyl/N-ethyl adjacent to an activating group) is 1. The van der Waals surface area contributed by atoms with Crippen LogP contribution in [0.5, 0.6) is 5.75 Å². The summed E-state index contributed by atoms with van der Waals surface area (Å²) in [6.45, 7) is 2.33. The smallest absolute Gasteiger partial charge is 0.258 e. The molecule has 5 rings (SSSR count). The van der Waals surface area contributed by atoms with Crippen molar-refractivity contribution >= 4 is 11.0 Å². The molecule has 29 heavy (non-hydrogen) atoms. The van der Waals surface area contributed by atoms with E-state index in [2.05, 4.69) is 18.0 Å². The highest BCUT2D eigenvalue weighted by molar-refractivity contribution is 5.84. The van der Waals surface area contributed by atoms with Gasteiger partial charge in [-0.2, -0.15) is 0 Å². The van der Waals surface area contributed by atoms with E-state index in [-0.39, 0.29) is 5.56 Å². The number of fused-ring (bicyclic) bond motifs is 3. The molecular weight excluding hydrogens is 364 g/mol. The summed E-state index contributed by atoms with van der Waals surface area (Å²) < 4.78 is 13.5. The Hall–Kier alpha value is -3.31. The molecule has 0 saturated heterocycles. The Morgan fingerprint density at radius 3 is 2.76 bits per heavy atom. The van der Waals surface area contributed by atoms with Crippen molar-refractivity contribution in [2.75, 3.05) is 13.6 Å². The third-order valence-corrected chi connectivity index (χ3v) is 5.43. The summed E-state index contributed by atoms with van der Waals surface area (Å²) in [5.74, 6) is 1.62. The molecule has 0 fully saturated rings. The number of nitrogens with zero attached hydrogens (tertiary/aromatic N) is 2. The minimum atomic E-state index is -0.133. The molecule has 0 N–H and O–H groups in total. The van der Waals surface area contributed by atoms with Gasteiger partial charge in [-0.25, -0.2) is 0 Å². The van der Waals surface area contributed by atoms with Crippen molar-refractivity contribution in [3.05, 3.63) is 94.1 Å². The van der Waals surface area contributed by atoms with E-state index in [0.717, 1.165) is 47.5 Å². The average Bonchev–Trinajstić information content (AvgIpc) is 3.10. The molecule has 0 radical (unpaired) electrons. The lowest BCUT2D eigenvalue weighted by Gasteiger charge is -2.21. The van der Waals surface area contributed by atoms with Crippen molar-refractivity contribution in [2.45, 2.75) is 19.6 Å². The molecule has 4 aromatic rings. The normalized spacial score (nSPS) is 14.1. The van der Waals surface area contributed by atoms with Crippen molar-refractivity contribution in [3.8, 4) is 11.4 Å². The maximum atomic E-state index is 12.7. The second-order valence-corrected chi connectivity index (χ2v) is 7.52. The van der Waals surface area contributed by atoms with Crippen molar-refractivity contribution in [2.24, 2.45) is 0 Å². The zero-order chi connectivity index (χ0) is 19.8. The Balaban J connectivity index is 1.42. The Labute approximate surface area is 168 Å². The molecule has 0 saturated carbocycles. The molecule has 0 bridgehead atoms. The number of pyridine rings is 1. The quantitative estimate of drug-likeness (QED) is 0.529. The topological polar surface area (TPSA) is 47.6 Å². The van der Waals surface area contributed by atoms with Crippen LogP contribution < -0.4 is 10.3 Å². The zero-order valence-corrected chi connectivity index (χ0v) is 16.3. The van der Waals surface area contributed by atoms with Crippen LogP contribution in [0.3, 0.4) is 0 Å². The summed E-state index contributed by atoms with van der Waals surface area (Å²) in [7, 11) is 2.12.